The zero-order valence-electron chi connectivity index (χ0n) is 10.8. The molecule has 1 aliphatic rings. The van der Waals surface area contributed by atoms with Gasteiger partial charge in [0.05, 0.1) is 5.69 Å². The van der Waals surface area contributed by atoms with E-state index in [0.29, 0.717) is 5.56 Å². The molecular weight excluding hydrogens is 229 g/mol. The number of carbonyl (C=O) groups excluding carboxylic acids is 1. The molecule has 0 bridgehead atoms. The van der Waals surface area contributed by atoms with E-state index >= 15 is 0 Å². The quantitative estimate of drug-likeness (QED) is 0.654. The minimum Gasteiger partial charge on any atom is -0.396 e. The molecule has 0 aromatic heterocycles. The van der Waals surface area contributed by atoms with Crippen LogP contribution in [0.2, 0.25) is 0 Å². The first kappa shape index (κ1) is 13.1. The van der Waals surface area contributed by atoms with Gasteiger partial charge in [0.1, 0.15) is 5.82 Å². The highest BCUT2D eigenvalue weighted by Gasteiger charge is 2.26. The van der Waals surface area contributed by atoms with Gasteiger partial charge in [-0.15, -0.1) is 0 Å². The SMILES string of the molecule is CCC1CCC(C(=O)c2ccc(N)c(F)c2)CC1. The van der Waals surface area contributed by atoms with Crippen LogP contribution in [0, 0.1) is 17.7 Å². The van der Waals surface area contributed by atoms with E-state index in [1.165, 1.54) is 18.6 Å². The average molecular weight is 249 g/mol. The fourth-order valence-electron chi connectivity index (χ4n) is 2.75. The number of rotatable bonds is 3. The molecule has 2 rings (SSSR count). The fourth-order valence-corrected chi connectivity index (χ4v) is 2.75. The highest BCUT2D eigenvalue weighted by molar-refractivity contribution is 5.98. The van der Waals surface area contributed by atoms with E-state index in [4.69, 9.17) is 5.73 Å². The first-order valence-corrected chi connectivity index (χ1v) is 6.71. The molecule has 1 aromatic carbocycles. The van der Waals surface area contributed by atoms with Gasteiger partial charge in [-0.05, 0) is 49.8 Å². The van der Waals surface area contributed by atoms with E-state index in [2.05, 4.69) is 6.92 Å². The molecule has 0 saturated heterocycles. The summed E-state index contributed by atoms with van der Waals surface area (Å²) in [4.78, 5) is 12.3. The minimum absolute atomic E-state index is 0.0656. The molecule has 98 valence electrons. The lowest BCUT2D eigenvalue weighted by Crippen LogP contribution is -2.22. The van der Waals surface area contributed by atoms with Crippen molar-refractivity contribution in [1.29, 1.82) is 0 Å². The van der Waals surface area contributed by atoms with Crippen molar-refractivity contribution < 1.29 is 9.18 Å². The van der Waals surface area contributed by atoms with Gasteiger partial charge < -0.3 is 5.73 Å². The van der Waals surface area contributed by atoms with Crippen molar-refractivity contribution in [3.05, 3.63) is 29.6 Å². The molecule has 18 heavy (non-hydrogen) atoms. The zero-order valence-corrected chi connectivity index (χ0v) is 10.8. The third kappa shape index (κ3) is 2.71. The minimum atomic E-state index is -0.497. The second-order valence-corrected chi connectivity index (χ2v) is 5.23. The normalized spacial score (nSPS) is 23.9. The predicted molar refractivity (Wildman–Crippen MR) is 70.9 cm³/mol. The lowest BCUT2D eigenvalue weighted by atomic mass is 9.78. The molecular formula is C15H20FNO. The van der Waals surface area contributed by atoms with Crippen LogP contribution in [0.3, 0.4) is 0 Å². The second kappa shape index (κ2) is 5.51. The van der Waals surface area contributed by atoms with Gasteiger partial charge in [0, 0.05) is 11.5 Å². The van der Waals surface area contributed by atoms with Crippen LogP contribution in [0.15, 0.2) is 18.2 Å². The molecule has 0 amide bonds. The molecule has 1 fully saturated rings. The summed E-state index contributed by atoms with van der Waals surface area (Å²) in [6, 6.07) is 4.37. The van der Waals surface area contributed by atoms with Gasteiger partial charge in [0.15, 0.2) is 5.78 Å². The summed E-state index contributed by atoms with van der Waals surface area (Å²) in [6.07, 6.45) is 5.29. The molecule has 2 N–H and O–H groups in total. The molecule has 0 atom stereocenters. The van der Waals surface area contributed by atoms with Crippen LogP contribution in [-0.2, 0) is 0 Å². The van der Waals surface area contributed by atoms with Gasteiger partial charge in [0.25, 0.3) is 0 Å². The first-order valence-electron chi connectivity index (χ1n) is 6.71. The van der Waals surface area contributed by atoms with Crippen LogP contribution >= 0.6 is 0 Å². The number of hydrogen-bond acceptors (Lipinski definition) is 2. The van der Waals surface area contributed by atoms with Crippen LogP contribution in [0.25, 0.3) is 0 Å². The van der Waals surface area contributed by atoms with Gasteiger partial charge in [0.2, 0.25) is 0 Å². The van der Waals surface area contributed by atoms with Gasteiger partial charge in [-0.3, -0.25) is 4.79 Å². The fraction of sp³-hybridized carbons (Fsp3) is 0.533. The van der Waals surface area contributed by atoms with Crippen molar-refractivity contribution in [1.82, 2.24) is 0 Å². The Morgan fingerprint density at radius 2 is 2.00 bits per heavy atom. The lowest BCUT2D eigenvalue weighted by Gasteiger charge is -2.26. The van der Waals surface area contributed by atoms with Gasteiger partial charge in [-0.25, -0.2) is 4.39 Å². The van der Waals surface area contributed by atoms with Crippen molar-refractivity contribution in [2.75, 3.05) is 5.73 Å². The van der Waals surface area contributed by atoms with E-state index in [1.807, 2.05) is 0 Å². The predicted octanol–water partition coefficient (Wildman–Crippen LogP) is 3.81. The van der Waals surface area contributed by atoms with Crippen molar-refractivity contribution in [3.8, 4) is 0 Å². The molecule has 0 unspecified atom stereocenters. The molecule has 0 radical (unpaired) electrons. The topological polar surface area (TPSA) is 43.1 Å². The Kier molecular flexibility index (Phi) is 4.00. The van der Waals surface area contributed by atoms with Crippen molar-refractivity contribution >= 4 is 11.5 Å². The maximum absolute atomic E-state index is 13.3. The molecule has 0 heterocycles. The summed E-state index contributed by atoms with van der Waals surface area (Å²) in [6.45, 7) is 2.20. The number of anilines is 1. The standard InChI is InChI=1S/C15H20FNO/c1-2-10-3-5-11(6-4-10)15(18)12-7-8-14(17)13(16)9-12/h7-11H,2-6,17H2,1H3. The van der Waals surface area contributed by atoms with E-state index in [9.17, 15) is 9.18 Å². The molecule has 3 heteroatoms. The Morgan fingerprint density at radius 3 is 2.56 bits per heavy atom. The molecule has 1 aromatic rings. The second-order valence-electron chi connectivity index (χ2n) is 5.23. The van der Waals surface area contributed by atoms with Crippen LogP contribution in [0.1, 0.15) is 49.4 Å². The number of nitrogen functional groups attached to an aromatic ring is 1. The lowest BCUT2D eigenvalue weighted by molar-refractivity contribution is 0.0870. The molecule has 1 saturated carbocycles. The zero-order chi connectivity index (χ0) is 13.1. The number of benzene rings is 1. The highest BCUT2D eigenvalue weighted by Crippen LogP contribution is 2.32. The van der Waals surface area contributed by atoms with E-state index < -0.39 is 5.82 Å². The molecule has 0 aliphatic heterocycles. The van der Waals surface area contributed by atoms with Crippen molar-refractivity contribution in [2.45, 2.75) is 39.0 Å². The number of nitrogens with two attached hydrogens (primary N) is 1. The highest BCUT2D eigenvalue weighted by atomic mass is 19.1. The molecule has 2 nitrogen and oxygen atoms in total. The molecule has 1 aliphatic carbocycles. The Balaban J connectivity index is 2.05. The number of carbonyl (C=O) groups is 1. The third-order valence-corrected chi connectivity index (χ3v) is 4.08. The van der Waals surface area contributed by atoms with Crippen molar-refractivity contribution in [2.24, 2.45) is 11.8 Å². The summed E-state index contributed by atoms with van der Waals surface area (Å²) >= 11 is 0. The Bertz CT molecular complexity index is 436. The first-order chi connectivity index (χ1) is 8.61. The Hall–Kier alpha value is -1.38. The van der Waals surface area contributed by atoms with Crippen LogP contribution in [0.5, 0.6) is 0 Å². The van der Waals surface area contributed by atoms with E-state index in [0.717, 1.165) is 31.6 Å². The van der Waals surface area contributed by atoms with Crippen LogP contribution in [0.4, 0.5) is 10.1 Å². The Morgan fingerprint density at radius 1 is 1.33 bits per heavy atom. The van der Waals surface area contributed by atoms with Crippen LogP contribution in [-0.4, -0.2) is 5.78 Å². The molecule has 0 spiro atoms. The third-order valence-electron chi connectivity index (χ3n) is 4.08. The number of hydrogen-bond donors (Lipinski definition) is 1. The summed E-state index contributed by atoms with van der Waals surface area (Å²) in [5.74, 6) is 0.402. The maximum atomic E-state index is 13.3. The van der Waals surface area contributed by atoms with Gasteiger partial charge in [-0.1, -0.05) is 13.3 Å². The van der Waals surface area contributed by atoms with E-state index in [-0.39, 0.29) is 17.4 Å². The summed E-state index contributed by atoms with van der Waals surface area (Å²) < 4.78 is 13.3. The number of halogens is 1. The monoisotopic (exact) mass is 249 g/mol. The number of Topliss-reactive ketones (excluding diaryl/α,β-unsaturated/α-hetero) is 1. The Labute approximate surface area is 107 Å². The van der Waals surface area contributed by atoms with Gasteiger partial charge >= 0.3 is 0 Å². The largest absolute Gasteiger partial charge is 0.396 e. The summed E-state index contributed by atoms with van der Waals surface area (Å²) in [5.41, 5.74) is 5.98. The van der Waals surface area contributed by atoms with Crippen molar-refractivity contribution in [3.63, 3.8) is 0 Å². The summed E-state index contributed by atoms with van der Waals surface area (Å²) in [7, 11) is 0. The number of ketones is 1. The van der Waals surface area contributed by atoms with Crippen LogP contribution < -0.4 is 5.73 Å². The van der Waals surface area contributed by atoms with E-state index in [1.54, 1.807) is 6.07 Å². The maximum Gasteiger partial charge on any atom is 0.166 e. The van der Waals surface area contributed by atoms with Gasteiger partial charge in [-0.2, -0.15) is 0 Å². The smallest absolute Gasteiger partial charge is 0.166 e. The average Bonchev–Trinajstić information content (AvgIpc) is 2.41. The summed E-state index contributed by atoms with van der Waals surface area (Å²) in [5, 5.41) is 0.